The third-order valence-electron chi connectivity index (χ3n) is 5.15. The Morgan fingerprint density at radius 1 is 1.47 bits per heavy atom. The van der Waals surface area contributed by atoms with Gasteiger partial charge in [0.2, 0.25) is 5.91 Å². The highest BCUT2D eigenvalue weighted by Gasteiger charge is 2.53. The predicted octanol–water partition coefficient (Wildman–Crippen LogP) is -1.22. The summed E-state index contributed by atoms with van der Waals surface area (Å²) in [4.78, 5) is 26.6. The second kappa shape index (κ2) is 9.51. The maximum absolute atomic E-state index is 12.2. The number of hydrogen-bond donors (Lipinski definition) is 6. The van der Waals surface area contributed by atoms with Gasteiger partial charge in [-0.05, 0) is 28.1 Å². The summed E-state index contributed by atoms with van der Waals surface area (Å²) in [6, 6.07) is 2.01. The zero-order chi connectivity index (χ0) is 23.8. The molecule has 1 aliphatic heterocycles. The lowest BCUT2D eigenvalue weighted by Crippen LogP contribution is -2.70. The minimum absolute atomic E-state index is 0.0448. The number of carbonyl (C=O) groups excluding carboxylic acids is 2. The SMILES string of the molecule is CC(=O)N[C@H]1[C@H]([C@H](O)[C@H](O)CO)O[C@](Oc2c[nH]c3ccc(Br)c(Cl)c23)(C(=O)[O-])C[C@@H]1O. The second-order valence-electron chi connectivity index (χ2n) is 7.40. The summed E-state index contributed by atoms with van der Waals surface area (Å²) in [6.07, 6.45) is -6.30. The molecule has 2 aromatic rings. The number of hydrogen-bond acceptors (Lipinski definition) is 9. The Kier molecular flexibility index (Phi) is 7.34. The fourth-order valence-corrected chi connectivity index (χ4v) is 4.20. The highest BCUT2D eigenvalue weighted by Crippen LogP contribution is 2.41. The maximum atomic E-state index is 12.2. The Balaban J connectivity index is 2.05. The van der Waals surface area contributed by atoms with E-state index in [4.69, 9.17) is 21.1 Å². The number of amides is 1. The molecule has 13 heteroatoms. The number of nitrogens with one attached hydrogen (secondary N) is 2. The van der Waals surface area contributed by atoms with Crippen LogP contribution in [-0.4, -0.2) is 80.1 Å². The minimum Gasteiger partial charge on any atom is -0.543 e. The highest BCUT2D eigenvalue weighted by atomic mass is 79.9. The van der Waals surface area contributed by atoms with E-state index in [1.165, 1.54) is 6.20 Å². The number of fused-ring (bicyclic) bond motifs is 1. The third kappa shape index (κ3) is 4.57. The Morgan fingerprint density at radius 3 is 2.75 bits per heavy atom. The molecule has 32 heavy (non-hydrogen) atoms. The van der Waals surface area contributed by atoms with Gasteiger partial charge in [-0.15, -0.1) is 0 Å². The maximum Gasteiger partial charge on any atom is 0.254 e. The first-order valence-corrected chi connectivity index (χ1v) is 10.6. The Bertz CT molecular complexity index is 1020. The lowest BCUT2D eigenvalue weighted by molar-refractivity contribution is -0.367. The topological polar surface area (TPSA) is 184 Å². The van der Waals surface area contributed by atoms with Gasteiger partial charge < -0.3 is 50.1 Å². The highest BCUT2D eigenvalue weighted by molar-refractivity contribution is 9.10. The smallest absolute Gasteiger partial charge is 0.254 e. The van der Waals surface area contributed by atoms with Gasteiger partial charge in [0.05, 0.1) is 34.7 Å². The van der Waals surface area contributed by atoms with Gasteiger partial charge in [0.1, 0.15) is 30.0 Å². The number of aromatic nitrogens is 1. The van der Waals surface area contributed by atoms with E-state index >= 15 is 0 Å². The molecule has 1 aliphatic rings. The molecule has 1 amide bonds. The van der Waals surface area contributed by atoms with Gasteiger partial charge in [0, 0.05) is 24.0 Å². The quantitative estimate of drug-likeness (QED) is 0.252. The molecule has 0 saturated carbocycles. The number of H-pyrrole nitrogens is 1. The van der Waals surface area contributed by atoms with E-state index in [0.29, 0.717) is 15.4 Å². The van der Waals surface area contributed by atoms with Crippen LogP contribution in [0.15, 0.2) is 22.8 Å². The summed E-state index contributed by atoms with van der Waals surface area (Å²) in [6.45, 7) is 0.247. The number of carbonyl (C=O) groups is 2. The molecule has 11 nitrogen and oxygen atoms in total. The summed E-state index contributed by atoms with van der Waals surface area (Å²) >= 11 is 9.58. The van der Waals surface area contributed by atoms with Crippen molar-refractivity contribution in [2.75, 3.05) is 6.61 Å². The lowest BCUT2D eigenvalue weighted by Gasteiger charge is -2.48. The molecule has 1 saturated heterocycles. The van der Waals surface area contributed by atoms with Crippen molar-refractivity contribution in [2.45, 2.75) is 49.6 Å². The van der Waals surface area contributed by atoms with Crippen LogP contribution in [0.25, 0.3) is 10.9 Å². The summed E-state index contributed by atoms with van der Waals surface area (Å²) in [5, 5.41) is 55.2. The zero-order valence-electron chi connectivity index (χ0n) is 16.6. The van der Waals surface area contributed by atoms with Gasteiger partial charge in [-0.1, -0.05) is 11.6 Å². The van der Waals surface area contributed by atoms with Gasteiger partial charge >= 0.3 is 0 Å². The van der Waals surface area contributed by atoms with Gasteiger partial charge in [-0.3, -0.25) is 4.79 Å². The van der Waals surface area contributed by atoms with Crippen LogP contribution < -0.4 is 15.2 Å². The standard InChI is InChI=1S/C19H22BrClN2O9/c1-7(25)23-15-10(26)4-19(18(29)30,32-17(15)16(28)11(27)6-24)31-12-5-22-9-3-2-8(20)14(21)13(9)12/h2-3,5,10-11,15-17,22,24,26-28H,4,6H2,1H3,(H,23,25)(H,29,30)/p-1/t10-,11+,15+,16+,17+,19-/m0/s1. The molecule has 0 spiro atoms. The van der Waals surface area contributed by atoms with Crippen molar-refractivity contribution >= 4 is 50.3 Å². The third-order valence-corrected chi connectivity index (χ3v) is 6.43. The summed E-state index contributed by atoms with van der Waals surface area (Å²) in [5.74, 6) is -5.16. The van der Waals surface area contributed by atoms with Gasteiger partial charge in [-0.2, -0.15) is 0 Å². The molecule has 0 aliphatic carbocycles. The molecular formula is C19H21BrClN2O9-. The lowest BCUT2D eigenvalue weighted by atomic mass is 9.88. The van der Waals surface area contributed by atoms with Gasteiger partial charge in [-0.25, -0.2) is 0 Å². The van der Waals surface area contributed by atoms with Crippen molar-refractivity contribution in [1.82, 2.24) is 10.3 Å². The van der Waals surface area contributed by atoms with Gasteiger partial charge in [0.15, 0.2) is 0 Å². The van der Waals surface area contributed by atoms with E-state index in [-0.39, 0.29) is 10.8 Å². The van der Waals surface area contributed by atoms with Crippen LogP contribution in [0, 0.1) is 0 Å². The Hall–Kier alpha value is -1.93. The summed E-state index contributed by atoms with van der Waals surface area (Å²) in [7, 11) is 0. The van der Waals surface area contributed by atoms with Crippen molar-refractivity contribution < 1.29 is 44.6 Å². The van der Waals surface area contributed by atoms with Crippen LogP contribution in [0.1, 0.15) is 13.3 Å². The van der Waals surface area contributed by atoms with Crippen molar-refractivity contribution in [1.29, 1.82) is 0 Å². The first-order chi connectivity index (χ1) is 15.0. The molecule has 0 bridgehead atoms. The molecular weight excluding hydrogens is 516 g/mol. The number of aliphatic carboxylic acids is 1. The summed E-state index contributed by atoms with van der Waals surface area (Å²) < 4.78 is 11.7. The number of ether oxygens (including phenoxy) is 2. The van der Waals surface area contributed by atoms with Crippen LogP contribution >= 0.6 is 27.5 Å². The Labute approximate surface area is 195 Å². The van der Waals surface area contributed by atoms with E-state index in [1.807, 2.05) is 0 Å². The van der Waals surface area contributed by atoms with E-state index in [1.54, 1.807) is 12.1 Å². The fraction of sp³-hybridized carbons (Fsp3) is 0.474. The molecule has 0 unspecified atom stereocenters. The predicted molar refractivity (Wildman–Crippen MR) is 112 cm³/mol. The molecule has 176 valence electrons. The number of aliphatic hydroxyl groups excluding tert-OH is 4. The van der Waals surface area contributed by atoms with Crippen LogP contribution in [0.4, 0.5) is 0 Å². The van der Waals surface area contributed by atoms with E-state index in [0.717, 1.165) is 6.92 Å². The number of carboxylic acid groups (broad SMARTS) is 1. The average Bonchev–Trinajstić information content (AvgIpc) is 3.14. The van der Waals surface area contributed by atoms with Crippen LogP contribution in [-0.2, 0) is 14.3 Å². The number of benzene rings is 1. The molecule has 1 aromatic carbocycles. The Morgan fingerprint density at radius 2 is 2.16 bits per heavy atom. The number of aromatic amines is 1. The van der Waals surface area contributed by atoms with E-state index < -0.39 is 61.1 Å². The molecule has 6 atom stereocenters. The number of aliphatic hydroxyl groups is 4. The first-order valence-electron chi connectivity index (χ1n) is 9.46. The van der Waals surface area contributed by atoms with Crippen LogP contribution in [0.3, 0.4) is 0 Å². The molecule has 2 heterocycles. The number of halogens is 2. The monoisotopic (exact) mass is 535 g/mol. The molecule has 3 rings (SSSR count). The summed E-state index contributed by atoms with van der Waals surface area (Å²) in [5.41, 5.74) is 0.515. The van der Waals surface area contributed by atoms with Crippen molar-refractivity contribution in [3.8, 4) is 5.75 Å². The number of carboxylic acids is 1. The second-order valence-corrected chi connectivity index (χ2v) is 8.63. The molecule has 6 N–H and O–H groups in total. The molecule has 1 fully saturated rings. The van der Waals surface area contributed by atoms with Crippen LogP contribution in [0.5, 0.6) is 5.75 Å². The largest absolute Gasteiger partial charge is 0.543 e. The minimum atomic E-state index is -2.63. The van der Waals surface area contributed by atoms with E-state index in [2.05, 4.69) is 26.2 Å². The van der Waals surface area contributed by atoms with Crippen molar-refractivity contribution in [3.05, 3.63) is 27.8 Å². The van der Waals surface area contributed by atoms with Crippen molar-refractivity contribution in [2.24, 2.45) is 0 Å². The first kappa shape index (κ1) is 24.7. The van der Waals surface area contributed by atoms with Crippen molar-refractivity contribution in [3.63, 3.8) is 0 Å². The number of rotatable bonds is 7. The molecule has 0 radical (unpaired) electrons. The zero-order valence-corrected chi connectivity index (χ0v) is 19.0. The fourth-order valence-electron chi connectivity index (χ4n) is 3.61. The van der Waals surface area contributed by atoms with E-state index in [9.17, 15) is 35.1 Å². The molecule has 1 aromatic heterocycles. The normalized spacial score (nSPS) is 27.7. The average molecular weight is 537 g/mol. The van der Waals surface area contributed by atoms with Crippen LogP contribution in [0.2, 0.25) is 5.02 Å². The van der Waals surface area contributed by atoms with Gasteiger partial charge in [0.25, 0.3) is 5.79 Å².